The largest absolute Gasteiger partial charge is 0.382 e. The van der Waals surface area contributed by atoms with Crippen molar-refractivity contribution < 1.29 is 4.74 Å². The highest BCUT2D eigenvalue weighted by atomic mass is 16.5. The second kappa shape index (κ2) is 3.31. The third-order valence-corrected chi connectivity index (χ3v) is 0.899. The predicted octanol–water partition coefficient (Wildman–Crippen LogP) is 0.482. The van der Waals surface area contributed by atoms with E-state index < -0.39 is 0 Å². The van der Waals surface area contributed by atoms with Gasteiger partial charge in [-0.3, -0.25) is 0 Å². The van der Waals surface area contributed by atoms with Crippen LogP contribution in [0, 0.1) is 11.5 Å². The van der Waals surface area contributed by atoms with E-state index in [1.165, 1.54) is 0 Å². The first-order chi connectivity index (χ1) is 4.12. The molecule has 0 unspecified atom stereocenters. The van der Waals surface area contributed by atoms with Crippen LogP contribution in [0.5, 0.6) is 0 Å². The van der Waals surface area contributed by atoms with Gasteiger partial charge in [0.25, 0.3) is 0 Å². The molecule has 3 nitrogen and oxygen atoms in total. The molecule has 0 bridgehead atoms. The summed E-state index contributed by atoms with van der Waals surface area (Å²) < 4.78 is 4.85. The standard InChI is InChI=1S/C6H12N2O/c1-6(2,4-9-3)8-5-7/h8H,4H2,1-3H3. The molecule has 52 valence electrons. The zero-order valence-corrected chi connectivity index (χ0v) is 6.06. The van der Waals surface area contributed by atoms with Crippen LogP contribution in [0.15, 0.2) is 0 Å². The van der Waals surface area contributed by atoms with Gasteiger partial charge in [-0.1, -0.05) is 0 Å². The first-order valence-electron chi connectivity index (χ1n) is 2.77. The molecule has 3 heteroatoms. The van der Waals surface area contributed by atoms with E-state index in [4.69, 9.17) is 10.00 Å². The minimum Gasteiger partial charge on any atom is -0.382 e. The number of hydrogen-bond acceptors (Lipinski definition) is 3. The van der Waals surface area contributed by atoms with Gasteiger partial charge in [0.05, 0.1) is 12.1 Å². The molecule has 0 amide bonds. The van der Waals surface area contributed by atoms with Crippen LogP contribution in [0.3, 0.4) is 0 Å². The van der Waals surface area contributed by atoms with Crippen LogP contribution in [0.25, 0.3) is 0 Å². The highest BCUT2D eigenvalue weighted by Gasteiger charge is 2.14. The van der Waals surface area contributed by atoms with Gasteiger partial charge in [0, 0.05) is 7.11 Å². The summed E-state index contributed by atoms with van der Waals surface area (Å²) in [6.45, 7) is 4.35. The van der Waals surface area contributed by atoms with E-state index in [9.17, 15) is 0 Å². The van der Waals surface area contributed by atoms with Crippen molar-refractivity contribution in [1.82, 2.24) is 5.32 Å². The summed E-state index contributed by atoms with van der Waals surface area (Å²) in [6, 6.07) is 0. The minimum atomic E-state index is -0.233. The Morgan fingerprint density at radius 1 is 1.67 bits per heavy atom. The molecule has 9 heavy (non-hydrogen) atoms. The van der Waals surface area contributed by atoms with E-state index >= 15 is 0 Å². The average molecular weight is 128 g/mol. The van der Waals surface area contributed by atoms with Crippen LogP contribution >= 0.6 is 0 Å². The van der Waals surface area contributed by atoms with Gasteiger partial charge in [0.15, 0.2) is 6.19 Å². The predicted molar refractivity (Wildman–Crippen MR) is 34.7 cm³/mol. The van der Waals surface area contributed by atoms with E-state index in [2.05, 4.69) is 5.32 Å². The molecule has 0 aliphatic rings. The zero-order valence-electron chi connectivity index (χ0n) is 6.06. The van der Waals surface area contributed by atoms with Crippen molar-refractivity contribution in [3.8, 4) is 6.19 Å². The van der Waals surface area contributed by atoms with Crippen molar-refractivity contribution in [1.29, 1.82) is 5.26 Å². The lowest BCUT2D eigenvalue weighted by Gasteiger charge is -2.20. The van der Waals surface area contributed by atoms with Crippen molar-refractivity contribution in [3.05, 3.63) is 0 Å². The number of rotatable bonds is 3. The summed E-state index contributed by atoms with van der Waals surface area (Å²) in [5, 5.41) is 10.8. The van der Waals surface area contributed by atoms with Gasteiger partial charge in [0.1, 0.15) is 0 Å². The van der Waals surface area contributed by atoms with Crippen molar-refractivity contribution >= 4 is 0 Å². The van der Waals surface area contributed by atoms with Gasteiger partial charge < -0.3 is 10.1 Å². The average Bonchev–Trinajstić information content (AvgIpc) is 1.64. The van der Waals surface area contributed by atoms with Crippen molar-refractivity contribution in [2.75, 3.05) is 13.7 Å². The first-order valence-corrected chi connectivity index (χ1v) is 2.77. The number of nitrogens with one attached hydrogen (secondary N) is 1. The third-order valence-electron chi connectivity index (χ3n) is 0.899. The fourth-order valence-electron chi connectivity index (χ4n) is 0.548. The minimum absolute atomic E-state index is 0.233. The molecule has 0 aliphatic carbocycles. The van der Waals surface area contributed by atoms with E-state index in [1.807, 2.05) is 20.0 Å². The zero-order chi connectivity index (χ0) is 7.33. The molecule has 1 N–H and O–H groups in total. The van der Waals surface area contributed by atoms with Gasteiger partial charge in [-0.15, -0.1) is 0 Å². The van der Waals surface area contributed by atoms with E-state index in [0.717, 1.165) is 0 Å². The molecule has 0 fully saturated rings. The molecule has 0 saturated carbocycles. The van der Waals surface area contributed by atoms with Crippen LogP contribution in [-0.2, 0) is 4.74 Å². The molecule has 0 atom stereocenters. The number of hydrogen-bond donors (Lipinski definition) is 1. The maximum absolute atomic E-state index is 8.21. The first kappa shape index (κ1) is 8.25. The fourth-order valence-corrected chi connectivity index (χ4v) is 0.548. The highest BCUT2D eigenvalue weighted by molar-refractivity contribution is 4.84. The number of ether oxygens (including phenoxy) is 1. The Bertz CT molecular complexity index is 115. The molecule has 0 spiro atoms. The van der Waals surface area contributed by atoms with Crippen LogP contribution in [0.1, 0.15) is 13.8 Å². The second-order valence-corrected chi connectivity index (χ2v) is 2.55. The van der Waals surface area contributed by atoms with E-state index in [1.54, 1.807) is 7.11 Å². The fraction of sp³-hybridized carbons (Fsp3) is 0.833. The lowest BCUT2D eigenvalue weighted by Crippen LogP contribution is -2.40. The van der Waals surface area contributed by atoms with Gasteiger partial charge in [-0.25, -0.2) is 0 Å². The number of methoxy groups -OCH3 is 1. The topological polar surface area (TPSA) is 45.0 Å². The van der Waals surface area contributed by atoms with E-state index in [0.29, 0.717) is 6.61 Å². The lowest BCUT2D eigenvalue weighted by atomic mass is 10.1. The summed E-state index contributed by atoms with van der Waals surface area (Å²) in [4.78, 5) is 0. The monoisotopic (exact) mass is 128 g/mol. The van der Waals surface area contributed by atoms with Crippen LogP contribution < -0.4 is 5.32 Å². The highest BCUT2D eigenvalue weighted by Crippen LogP contribution is 1.99. The van der Waals surface area contributed by atoms with Crippen molar-refractivity contribution in [2.45, 2.75) is 19.4 Å². The Morgan fingerprint density at radius 2 is 2.22 bits per heavy atom. The smallest absolute Gasteiger partial charge is 0.177 e. The second-order valence-electron chi connectivity index (χ2n) is 2.55. The molecule has 0 aromatic rings. The summed E-state index contributed by atoms with van der Waals surface area (Å²) in [6.07, 6.45) is 1.86. The maximum atomic E-state index is 8.21. The molecule has 0 saturated heterocycles. The normalized spacial score (nSPS) is 10.4. The Balaban J connectivity index is 3.59. The Hall–Kier alpha value is -0.750. The lowest BCUT2D eigenvalue weighted by molar-refractivity contribution is 0.138. The molecule has 0 aromatic carbocycles. The van der Waals surface area contributed by atoms with Crippen LogP contribution in [-0.4, -0.2) is 19.3 Å². The Morgan fingerprint density at radius 3 is 2.56 bits per heavy atom. The van der Waals surface area contributed by atoms with Crippen LogP contribution in [0.4, 0.5) is 0 Å². The quantitative estimate of drug-likeness (QED) is 0.444. The third kappa shape index (κ3) is 3.80. The summed E-state index contributed by atoms with van der Waals surface area (Å²) in [5.74, 6) is 0. The van der Waals surface area contributed by atoms with Crippen LogP contribution in [0.2, 0.25) is 0 Å². The molecule has 0 aliphatic heterocycles. The summed E-state index contributed by atoms with van der Waals surface area (Å²) in [5.41, 5.74) is -0.233. The molecular formula is C6H12N2O. The Kier molecular flexibility index (Phi) is 3.03. The van der Waals surface area contributed by atoms with Gasteiger partial charge in [-0.2, -0.15) is 5.26 Å². The number of nitriles is 1. The van der Waals surface area contributed by atoms with Gasteiger partial charge in [0.2, 0.25) is 0 Å². The van der Waals surface area contributed by atoms with Crippen molar-refractivity contribution in [2.24, 2.45) is 0 Å². The van der Waals surface area contributed by atoms with E-state index in [-0.39, 0.29) is 5.54 Å². The van der Waals surface area contributed by atoms with Gasteiger partial charge >= 0.3 is 0 Å². The molecule has 0 aromatic heterocycles. The summed E-state index contributed by atoms with van der Waals surface area (Å²) >= 11 is 0. The molecule has 0 heterocycles. The molecular weight excluding hydrogens is 116 g/mol. The van der Waals surface area contributed by atoms with Crippen molar-refractivity contribution in [3.63, 3.8) is 0 Å². The number of nitrogens with zero attached hydrogens (tertiary/aromatic N) is 1. The SMILES string of the molecule is COCC(C)(C)NC#N. The Labute approximate surface area is 55.6 Å². The molecule has 0 rings (SSSR count). The maximum Gasteiger partial charge on any atom is 0.177 e. The van der Waals surface area contributed by atoms with Gasteiger partial charge in [-0.05, 0) is 13.8 Å². The summed E-state index contributed by atoms with van der Waals surface area (Å²) in [7, 11) is 1.61. The molecule has 0 radical (unpaired) electrons.